The van der Waals surface area contributed by atoms with Gasteiger partial charge in [0.25, 0.3) is 0 Å². The molecular weight excluding hydrogens is 188 g/mol. The molecule has 0 radical (unpaired) electrons. The molecule has 1 atom stereocenters. The monoisotopic (exact) mass is 202 g/mol. The lowest BCUT2D eigenvalue weighted by Gasteiger charge is -2.24. The molecule has 0 unspecified atom stereocenters. The van der Waals surface area contributed by atoms with Crippen LogP contribution in [0.3, 0.4) is 0 Å². The molecule has 78 valence electrons. The lowest BCUT2D eigenvalue weighted by molar-refractivity contribution is -0.132. The fourth-order valence-electron chi connectivity index (χ4n) is 2.47. The van der Waals surface area contributed by atoms with Gasteiger partial charge >= 0.3 is 0 Å². The smallest absolute Gasteiger partial charge is 0.150 e. The van der Waals surface area contributed by atoms with Gasteiger partial charge in [0.05, 0.1) is 0 Å². The lowest BCUT2D eigenvalue weighted by atomic mass is 9.75. The first kappa shape index (κ1) is 10.1. The van der Waals surface area contributed by atoms with Gasteiger partial charge in [-0.15, -0.1) is 0 Å². The average molecular weight is 202 g/mol. The number of carbonyl (C=O) groups is 2. The van der Waals surface area contributed by atoms with Crippen molar-refractivity contribution in [3.05, 3.63) is 35.9 Å². The molecule has 1 aromatic rings. The van der Waals surface area contributed by atoms with Crippen LogP contribution in [0.2, 0.25) is 0 Å². The van der Waals surface area contributed by atoms with Gasteiger partial charge in [-0.05, 0) is 25.3 Å². The maximum Gasteiger partial charge on any atom is 0.150 e. The molecule has 0 heterocycles. The zero-order valence-corrected chi connectivity index (χ0v) is 8.82. The van der Waals surface area contributed by atoms with Gasteiger partial charge in [0.1, 0.15) is 11.2 Å². The van der Waals surface area contributed by atoms with Crippen molar-refractivity contribution < 1.29 is 9.59 Å². The van der Waals surface area contributed by atoms with Gasteiger partial charge in [-0.2, -0.15) is 0 Å². The van der Waals surface area contributed by atoms with Crippen molar-refractivity contribution in [2.45, 2.75) is 31.6 Å². The summed E-state index contributed by atoms with van der Waals surface area (Å²) >= 11 is 0. The minimum atomic E-state index is -0.832. The molecule has 1 aliphatic rings. The van der Waals surface area contributed by atoms with Gasteiger partial charge in [-0.25, -0.2) is 0 Å². The van der Waals surface area contributed by atoms with Gasteiger partial charge in [-0.1, -0.05) is 30.3 Å². The van der Waals surface area contributed by atoms with Gasteiger partial charge < -0.3 is 0 Å². The minimum absolute atomic E-state index is 0.0174. The number of rotatable bonds is 2. The Balaban J connectivity index is 2.53. The van der Waals surface area contributed by atoms with Crippen LogP contribution in [-0.4, -0.2) is 11.6 Å². The van der Waals surface area contributed by atoms with Gasteiger partial charge in [0, 0.05) is 6.42 Å². The normalized spacial score (nSPS) is 25.5. The standard InChI is InChI=1S/C13H14O2/c1-10(14)13(9-5-8-12(13)15)11-6-3-2-4-7-11/h2-4,6-7H,5,8-9H2,1H3/t13-/m0/s1. The van der Waals surface area contributed by atoms with Crippen molar-refractivity contribution in [2.24, 2.45) is 0 Å². The second-order valence-electron chi connectivity index (χ2n) is 4.10. The summed E-state index contributed by atoms with van der Waals surface area (Å²) in [5.74, 6) is 0.0670. The summed E-state index contributed by atoms with van der Waals surface area (Å²) in [6.07, 6.45) is 2.03. The predicted molar refractivity (Wildman–Crippen MR) is 57.7 cm³/mol. The molecule has 0 aromatic heterocycles. The van der Waals surface area contributed by atoms with E-state index in [1.807, 2.05) is 30.3 Å². The third-order valence-electron chi connectivity index (χ3n) is 3.30. The first-order chi connectivity index (χ1) is 7.18. The van der Waals surface area contributed by atoms with Crippen LogP contribution >= 0.6 is 0 Å². The number of Topliss-reactive ketones (excluding diaryl/α,β-unsaturated/α-hetero) is 2. The molecular formula is C13H14O2. The number of hydrogen-bond acceptors (Lipinski definition) is 2. The van der Waals surface area contributed by atoms with E-state index in [0.717, 1.165) is 12.0 Å². The molecule has 0 bridgehead atoms. The number of hydrogen-bond donors (Lipinski definition) is 0. The summed E-state index contributed by atoms with van der Waals surface area (Å²) in [5.41, 5.74) is 0.0290. The van der Waals surface area contributed by atoms with Crippen molar-refractivity contribution in [1.82, 2.24) is 0 Å². The van der Waals surface area contributed by atoms with E-state index < -0.39 is 5.41 Å². The Hall–Kier alpha value is -1.44. The zero-order valence-electron chi connectivity index (χ0n) is 8.82. The molecule has 2 rings (SSSR count). The Morgan fingerprint density at radius 1 is 1.27 bits per heavy atom. The quantitative estimate of drug-likeness (QED) is 0.689. The topological polar surface area (TPSA) is 34.1 Å². The number of carbonyl (C=O) groups excluding carboxylic acids is 2. The van der Waals surface area contributed by atoms with E-state index in [9.17, 15) is 9.59 Å². The van der Waals surface area contributed by atoms with Crippen LogP contribution in [0.25, 0.3) is 0 Å². The zero-order chi connectivity index (χ0) is 10.9. The van der Waals surface area contributed by atoms with E-state index in [1.54, 1.807) is 0 Å². The van der Waals surface area contributed by atoms with Crippen molar-refractivity contribution in [2.75, 3.05) is 0 Å². The van der Waals surface area contributed by atoms with Gasteiger partial charge in [0.2, 0.25) is 0 Å². The Morgan fingerprint density at radius 2 is 1.93 bits per heavy atom. The fourth-order valence-corrected chi connectivity index (χ4v) is 2.47. The van der Waals surface area contributed by atoms with Crippen LogP contribution in [0.5, 0.6) is 0 Å². The molecule has 0 N–H and O–H groups in total. The summed E-state index contributed by atoms with van der Waals surface area (Å²) < 4.78 is 0. The van der Waals surface area contributed by atoms with Crippen LogP contribution in [0, 0.1) is 0 Å². The molecule has 1 saturated carbocycles. The first-order valence-electron chi connectivity index (χ1n) is 5.28. The summed E-state index contributed by atoms with van der Waals surface area (Å²) in [5, 5.41) is 0. The molecule has 2 heteroatoms. The highest BCUT2D eigenvalue weighted by atomic mass is 16.2. The van der Waals surface area contributed by atoms with E-state index in [0.29, 0.717) is 12.8 Å². The second kappa shape index (κ2) is 3.61. The Labute approximate surface area is 89.3 Å². The molecule has 1 fully saturated rings. The SMILES string of the molecule is CC(=O)[C@]1(c2ccccc2)CCCC1=O. The first-order valence-corrected chi connectivity index (χ1v) is 5.28. The minimum Gasteiger partial charge on any atom is -0.299 e. The number of benzene rings is 1. The van der Waals surface area contributed by atoms with E-state index in [2.05, 4.69) is 0 Å². The highest BCUT2D eigenvalue weighted by Crippen LogP contribution is 2.38. The molecule has 1 aliphatic carbocycles. The van der Waals surface area contributed by atoms with Crippen LogP contribution < -0.4 is 0 Å². The summed E-state index contributed by atoms with van der Waals surface area (Å²) in [6, 6.07) is 9.42. The number of ketones is 2. The summed E-state index contributed by atoms with van der Waals surface area (Å²) in [6.45, 7) is 1.52. The van der Waals surface area contributed by atoms with Gasteiger partial charge in [-0.3, -0.25) is 9.59 Å². The molecule has 0 aliphatic heterocycles. The fraction of sp³-hybridized carbons (Fsp3) is 0.385. The summed E-state index contributed by atoms with van der Waals surface area (Å²) in [4.78, 5) is 23.7. The third kappa shape index (κ3) is 1.41. The Kier molecular flexibility index (Phi) is 2.43. The van der Waals surface area contributed by atoms with E-state index in [1.165, 1.54) is 6.92 Å². The van der Waals surface area contributed by atoms with E-state index in [4.69, 9.17) is 0 Å². The Morgan fingerprint density at radius 3 is 2.40 bits per heavy atom. The predicted octanol–water partition coefficient (Wildman–Crippen LogP) is 2.27. The largest absolute Gasteiger partial charge is 0.299 e. The average Bonchev–Trinajstić information content (AvgIpc) is 2.62. The lowest BCUT2D eigenvalue weighted by Crippen LogP contribution is -2.38. The summed E-state index contributed by atoms with van der Waals surface area (Å²) in [7, 11) is 0. The molecule has 1 aromatic carbocycles. The van der Waals surface area contributed by atoms with Crippen molar-refractivity contribution in [3.8, 4) is 0 Å². The van der Waals surface area contributed by atoms with Crippen LogP contribution in [0.15, 0.2) is 30.3 Å². The van der Waals surface area contributed by atoms with E-state index in [-0.39, 0.29) is 11.6 Å². The molecule has 15 heavy (non-hydrogen) atoms. The van der Waals surface area contributed by atoms with Crippen molar-refractivity contribution in [3.63, 3.8) is 0 Å². The third-order valence-corrected chi connectivity index (χ3v) is 3.30. The molecule has 2 nitrogen and oxygen atoms in total. The van der Waals surface area contributed by atoms with Gasteiger partial charge in [0.15, 0.2) is 5.78 Å². The maximum atomic E-state index is 11.9. The highest BCUT2D eigenvalue weighted by Gasteiger charge is 2.47. The highest BCUT2D eigenvalue weighted by molar-refractivity contribution is 6.13. The van der Waals surface area contributed by atoms with E-state index >= 15 is 0 Å². The van der Waals surface area contributed by atoms with Crippen LogP contribution in [-0.2, 0) is 15.0 Å². The molecule has 0 saturated heterocycles. The van der Waals surface area contributed by atoms with Crippen LogP contribution in [0.1, 0.15) is 31.7 Å². The maximum absolute atomic E-state index is 11.9. The molecule has 0 amide bonds. The Bertz CT molecular complexity index is 394. The van der Waals surface area contributed by atoms with Crippen molar-refractivity contribution >= 4 is 11.6 Å². The van der Waals surface area contributed by atoms with Crippen molar-refractivity contribution in [1.29, 1.82) is 0 Å². The second-order valence-corrected chi connectivity index (χ2v) is 4.10. The molecule has 0 spiro atoms. The van der Waals surface area contributed by atoms with Crippen LogP contribution in [0.4, 0.5) is 0 Å².